The van der Waals surface area contributed by atoms with Crippen molar-refractivity contribution in [3.05, 3.63) is 23.5 Å². The summed E-state index contributed by atoms with van der Waals surface area (Å²) in [5, 5.41) is 8.86. The average Bonchev–Trinajstić information content (AvgIpc) is 2.99. The molecule has 0 atom stereocenters. The number of nitrogens with zero attached hydrogens (tertiary/aromatic N) is 3. The molecule has 2 aromatic rings. The van der Waals surface area contributed by atoms with E-state index < -0.39 is 0 Å². The topological polar surface area (TPSA) is 66.0 Å². The van der Waals surface area contributed by atoms with Crippen molar-refractivity contribution in [1.29, 1.82) is 0 Å². The van der Waals surface area contributed by atoms with Gasteiger partial charge in [-0.3, -0.25) is 0 Å². The van der Waals surface area contributed by atoms with E-state index in [1.807, 2.05) is 0 Å². The number of nitrogen functional groups attached to an aromatic ring is 1. The van der Waals surface area contributed by atoms with Crippen molar-refractivity contribution in [2.45, 2.75) is 38.1 Å². The van der Waals surface area contributed by atoms with Crippen molar-refractivity contribution >= 4 is 17.3 Å². The molecule has 6 heteroatoms. The second-order valence-corrected chi connectivity index (χ2v) is 5.83. The van der Waals surface area contributed by atoms with Crippen molar-refractivity contribution in [3.8, 4) is 17.1 Å². The number of hydrogen-bond donors (Lipinski definition) is 1. The molecule has 5 nitrogen and oxygen atoms in total. The first-order valence-electron chi connectivity index (χ1n) is 7.23. The van der Waals surface area contributed by atoms with Crippen LogP contribution in [0.25, 0.3) is 11.4 Å². The van der Waals surface area contributed by atoms with E-state index in [9.17, 15) is 0 Å². The Labute approximate surface area is 129 Å². The first kappa shape index (κ1) is 14.2. The second-order valence-electron chi connectivity index (χ2n) is 5.43. The van der Waals surface area contributed by atoms with Gasteiger partial charge in [0, 0.05) is 12.1 Å². The lowest BCUT2D eigenvalue weighted by Gasteiger charge is -2.24. The molecule has 1 aliphatic rings. The fraction of sp³-hybridized carbons (Fsp3) is 0.467. The van der Waals surface area contributed by atoms with Gasteiger partial charge < -0.3 is 15.0 Å². The lowest BCUT2D eigenvalue weighted by Crippen LogP contribution is -2.13. The minimum Gasteiger partial charge on any atom is -0.496 e. The fourth-order valence-electron chi connectivity index (χ4n) is 2.97. The number of hydrogen-bond acceptors (Lipinski definition) is 4. The van der Waals surface area contributed by atoms with Crippen molar-refractivity contribution in [3.63, 3.8) is 0 Å². The van der Waals surface area contributed by atoms with Gasteiger partial charge in [-0.05, 0) is 18.9 Å². The van der Waals surface area contributed by atoms with Gasteiger partial charge in [0.15, 0.2) is 5.82 Å². The largest absolute Gasteiger partial charge is 0.496 e. The summed E-state index contributed by atoms with van der Waals surface area (Å²) in [5.74, 6) is 1.46. The molecule has 0 amide bonds. The number of aromatic nitrogens is 3. The van der Waals surface area contributed by atoms with Crippen LogP contribution in [0.1, 0.15) is 38.1 Å². The molecule has 1 aromatic heterocycles. The zero-order chi connectivity index (χ0) is 14.8. The number of rotatable bonds is 3. The van der Waals surface area contributed by atoms with Gasteiger partial charge in [-0.25, -0.2) is 0 Å². The highest BCUT2D eigenvalue weighted by Crippen LogP contribution is 2.38. The highest BCUT2D eigenvalue weighted by molar-refractivity contribution is 6.33. The molecule has 0 unspecified atom stereocenters. The van der Waals surface area contributed by atoms with E-state index in [4.69, 9.17) is 22.1 Å². The molecule has 1 heterocycles. The number of halogens is 1. The van der Waals surface area contributed by atoms with Crippen LogP contribution in [-0.4, -0.2) is 21.9 Å². The third-order valence-electron chi connectivity index (χ3n) is 4.10. The van der Waals surface area contributed by atoms with E-state index in [1.165, 1.54) is 19.3 Å². The summed E-state index contributed by atoms with van der Waals surface area (Å²) in [6.45, 7) is 0. The maximum absolute atomic E-state index is 6.16. The van der Waals surface area contributed by atoms with Gasteiger partial charge in [0.1, 0.15) is 12.1 Å². The number of benzene rings is 1. The van der Waals surface area contributed by atoms with Gasteiger partial charge in [0.25, 0.3) is 0 Å². The summed E-state index contributed by atoms with van der Waals surface area (Å²) in [6.07, 6.45) is 7.94. The van der Waals surface area contributed by atoms with E-state index in [1.54, 1.807) is 25.6 Å². The highest BCUT2D eigenvalue weighted by Gasteiger charge is 2.21. The molecule has 0 aliphatic heterocycles. The van der Waals surface area contributed by atoms with E-state index in [-0.39, 0.29) is 0 Å². The third kappa shape index (κ3) is 2.70. The van der Waals surface area contributed by atoms with Crippen LogP contribution in [0, 0.1) is 0 Å². The zero-order valence-corrected chi connectivity index (χ0v) is 12.8. The summed E-state index contributed by atoms with van der Waals surface area (Å²) < 4.78 is 7.57. The molecule has 0 saturated heterocycles. The van der Waals surface area contributed by atoms with Gasteiger partial charge >= 0.3 is 0 Å². The van der Waals surface area contributed by atoms with Crippen molar-refractivity contribution < 1.29 is 4.74 Å². The second kappa shape index (κ2) is 5.93. The first-order chi connectivity index (χ1) is 10.2. The van der Waals surface area contributed by atoms with Gasteiger partial charge in [-0.1, -0.05) is 30.9 Å². The molecular weight excluding hydrogens is 288 g/mol. The average molecular weight is 307 g/mol. The molecule has 0 bridgehead atoms. The number of methoxy groups -OCH3 is 1. The lowest BCUT2D eigenvalue weighted by atomic mass is 9.95. The van der Waals surface area contributed by atoms with Gasteiger partial charge in [0.05, 0.1) is 23.4 Å². The SMILES string of the molecule is COc1cc(N)c(Cl)cc1-c1nncn1C1CCCCC1. The normalized spacial score (nSPS) is 16.1. The van der Waals surface area contributed by atoms with E-state index >= 15 is 0 Å². The molecule has 112 valence electrons. The van der Waals surface area contributed by atoms with Gasteiger partial charge in [-0.15, -0.1) is 10.2 Å². The van der Waals surface area contributed by atoms with Crippen LogP contribution < -0.4 is 10.5 Å². The monoisotopic (exact) mass is 306 g/mol. The van der Waals surface area contributed by atoms with Crippen molar-refractivity contribution in [1.82, 2.24) is 14.8 Å². The summed E-state index contributed by atoms with van der Waals surface area (Å²) >= 11 is 6.16. The van der Waals surface area contributed by atoms with Crippen LogP contribution in [-0.2, 0) is 0 Å². The highest BCUT2D eigenvalue weighted by atomic mass is 35.5. The molecule has 21 heavy (non-hydrogen) atoms. The Kier molecular flexibility index (Phi) is 4.01. The van der Waals surface area contributed by atoms with Crippen LogP contribution in [0.2, 0.25) is 5.02 Å². The van der Waals surface area contributed by atoms with Crippen LogP contribution in [0.3, 0.4) is 0 Å². The summed E-state index contributed by atoms with van der Waals surface area (Å²) in [4.78, 5) is 0. The molecule has 0 radical (unpaired) electrons. The zero-order valence-electron chi connectivity index (χ0n) is 12.1. The third-order valence-corrected chi connectivity index (χ3v) is 4.43. The Bertz CT molecular complexity index is 635. The number of ether oxygens (including phenoxy) is 1. The van der Waals surface area contributed by atoms with Gasteiger partial charge in [0.2, 0.25) is 0 Å². The first-order valence-corrected chi connectivity index (χ1v) is 7.61. The number of anilines is 1. The predicted molar refractivity (Wildman–Crippen MR) is 83.6 cm³/mol. The van der Waals surface area contributed by atoms with Crippen LogP contribution >= 0.6 is 11.6 Å². The fourth-order valence-corrected chi connectivity index (χ4v) is 3.14. The van der Waals surface area contributed by atoms with Crippen LogP contribution in [0.4, 0.5) is 5.69 Å². The molecule has 2 N–H and O–H groups in total. The Balaban J connectivity index is 2.05. The van der Waals surface area contributed by atoms with Crippen LogP contribution in [0.5, 0.6) is 5.75 Å². The maximum Gasteiger partial charge on any atom is 0.167 e. The van der Waals surface area contributed by atoms with Gasteiger partial charge in [-0.2, -0.15) is 0 Å². The molecule has 1 aromatic carbocycles. The van der Waals surface area contributed by atoms with E-state index in [2.05, 4.69) is 14.8 Å². The Morgan fingerprint density at radius 2 is 2.05 bits per heavy atom. The molecule has 1 saturated carbocycles. The molecule has 1 aliphatic carbocycles. The predicted octanol–water partition coefficient (Wildman–Crippen LogP) is 3.69. The summed E-state index contributed by atoms with van der Waals surface area (Å²) in [7, 11) is 1.62. The molecule has 0 spiro atoms. The summed E-state index contributed by atoms with van der Waals surface area (Å²) in [5.41, 5.74) is 7.18. The molecular formula is C15H19ClN4O. The smallest absolute Gasteiger partial charge is 0.167 e. The lowest BCUT2D eigenvalue weighted by molar-refractivity contribution is 0.354. The Morgan fingerprint density at radius 3 is 2.76 bits per heavy atom. The quantitative estimate of drug-likeness (QED) is 0.878. The minimum atomic E-state index is 0.449. The Morgan fingerprint density at radius 1 is 1.29 bits per heavy atom. The van der Waals surface area contributed by atoms with E-state index in [0.29, 0.717) is 22.5 Å². The van der Waals surface area contributed by atoms with Crippen LogP contribution in [0.15, 0.2) is 18.5 Å². The van der Waals surface area contributed by atoms with Crippen molar-refractivity contribution in [2.24, 2.45) is 0 Å². The molecule has 1 fully saturated rings. The molecule has 3 rings (SSSR count). The van der Waals surface area contributed by atoms with E-state index in [0.717, 1.165) is 24.2 Å². The van der Waals surface area contributed by atoms with Crippen molar-refractivity contribution in [2.75, 3.05) is 12.8 Å². The maximum atomic E-state index is 6.16. The standard InChI is InChI=1S/C15H19ClN4O/c1-21-14-8-13(17)12(16)7-11(14)15-19-18-9-20(15)10-5-3-2-4-6-10/h7-10H,2-6,17H2,1H3. The summed E-state index contributed by atoms with van der Waals surface area (Å²) in [6, 6.07) is 3.99. The minimum absolute atomic E-state index is 0.449. The number of nitrogens with two attached hydrogens (primary N) is 1. The Hall–Kier alpha value is -1.75.